The maximum atomic E-state index is 13.7. The Morgan fingerprint density at radius 1 is 1.05 bits per heavy atom. The van der Waals surface area contributed by atoms with Gasteiger partial charge in [0.1, 0.15) is 18.4 Å². The first kappa shape index (κ1) is 26.2. The molecule has 4 aromatic rings. The predicted octanol–water partition coefficient (Wildman–Crippen LogP) is 5.35. The number of nitrogens with zero attached hydrogens (tertiary/aromatic N) is 4. The molecular formula is C28H27BrN6O4. The first-order valence-corrected chi connectivity index (χ1v) is 13.1. The molecule has 0 radical (unpaired) electrons. The number of methoxy groups -OCH3 is 1. The molecule has 5 rings (SSSR count). The zero-order valence-electron chi connectivity index (χ0n) is 21.6. The molecule has 1 atom stereocenters. The van der Waals surface area contributed by atoms with Crippen LogP contribution in [0.1, 0.15) is 31.0 Å². The topological polar surface area (TPSA) is 112 Å². The van der Waals surface area contributed by atoms with E-state index in [1.165, 1.54) is 0 Å². The van der Waals surface area contributed by atoms with E-state index in [4.69, 9.17) is 14.2 Å². The minimum absolute atomic E-state index is 0.312. The number of nitrogens with one attached hydrogen (secondary N) is 2. The first-order chi connectivity index (χ1) is 19.0. The van der Waals surface area contributed by atoms with Crippen LogP contribution in [0.15, 0.2) is 82.5 Å². The lowest BCUT2D eigenvalue weighted by Gasteiger charge is -2.28. The number of halogens is 1. The maximum Gasteiger partial charge on any atom is 0.255 e. The second-order valence-electron chi connectivity index (χ2n) is 8.72. The summed E-state index contributed by atoms with van der Waals surface area (Å²) in [6.45, 7) is 4.56. The number of para-hydroxylation sites is 2. The highest BCUT2D eigenvalue weighted by Crippen LogP contribution is 2.39. The standard InChI is InChI=1S/C28H27BrN6O4/c1-4-38-22-8-6-5-7-21(22)31-27(36)25-17(2)30-28-32-33-34-35(28)26(25)19-11-14-23(24(15-19)37-3)39-16-18-9-12-20(29)13-10-18/h5-15,26H,4,16H2,1-3H3,(H,31,36)(H,30,32,34). The van der Waals surface area contributed by atoms with E-state index in [1.54, 1.807) is 17.9 Å². The lowest BCUT2D eigenvalue weighted by molar-refractivity contribution is -0.113. The predicted molar refractivity (Wildman–Crippen MR) is 150 cm³/mol. The summed E-state index contributed by atoms with van der Waals surface area (Å²) in [5.41, 5.74) is 3.42. The van der Waals surface area contributed by atoms with E-state index in [1.807, 2.05) is 74.5 Å². The van der Waals surface area contributed by atoms with Gasteiger partial charge in [0.2, 0.25) is 5.95 Å². The first-order valence-electron chi connectivity index (χ1n) is 12.3. The number of ether oxygens (including phenoxy) is 3. The largest absolute Gasteiger partial charge is 0.493 e. The van der Waals surface area contributed by atoms with E-state index in [9.17, 15) is 4.79 Å². The molecule has 1 aliphatic rings. The molecule has 0 saturated carbocycles. The number of tetrazole rings is 1. The van der Waals surface area contributed by atoms with E-state index in [-0.39, 0.29) is 5.91 Å². The summed E-state index contributed by atoms with van der Waals surface area (Å²) in [6.07, 6.45) is 0. The van der Waals surface area contributed by atoms with Crippen molar-refractivity contribution in [1.82, 2.24) is 20.2 Å². The van der Waals surface area contributed by atoms with E-state index >= 15 is 0 Å². The number of hydrogen-bond donors (Lipinski definition) is 2. The molecule has 0 saturated heterocycles. The molecule has 0 bridgehead atoms. The van der Waals surface area contributed by atoms with Crippen LogP contribution in [0.4, 0.5) is 11.6 Å². The van der Waals surface area contributed by atoms with Gasteiger partial charge in [0, 0.05) is 10.2 Å². The van der Waals surface area contributed by atoms with E-state index < -0.39 is 6.04 Å². The lowest BCUT2D eigenvalue weighted by Crippen LogP contribution is -2.31. The molecule has 1 unspecified atom stereocenters. The van der Waals surface area contributed by atoms with Crippen LogP contribution in [0.25, 0.3) is 0 Å². The Bertz CT molecular complexity index is 1520. The van der Waals surface area contributed by atoms with Crippen LogP contribution < -0.4 is 24.8 Å². The molecule has 39 heavy (non-hydrogen) atoms. The molecule has 0 spiro atoms. The van der Waals surface area contributed by atoms with Crippen LogP contribution in [0.2, 0.25) is 0 Å². The van der Waals surface area contributed by atoms with Crippen molar-refractivity contribution in [3.05, 3.63) is 93.6 Å². The summed E-state index contributed by atoms with van der Waals surface area (Å²) in [5.74, 6) is 1.80. The van der Waals surface area contributed by atoms with E-state index in [0.29, 0.717) is 53.4 Å². The summed E-state index contributed by atoms with van der Waals surface area (Å²) in [5, 5.41) is 18.2. The summed E-state index contributed by atoms with van der Waals surface area (Å²) in [6, 6.07) is 20.1. The highest BCUT2D eigenvalue weighted by molar-refractivity contribution is 9.10. The third-order valence-electron chi connectivity index (χ3n) is 6.20. The van der Waals surface area contributed by atoms with Crippen LogP contribution in [0.5, 0.6) is 17.2 Å². The van der Waals surface area contributed by atoms with E-state index in [0.717, 1.165) is 15.6 Å². The highest BCUT2D eigenvalue weighted by atomic mass is 79.9. The quantitative estimate of drug-likeness (QED) is 0.268. The molecular weight excluding hydrogens is 564 g/mol. The Balaban J connectivity index is 1.47. The second-order valence-corrected chi connectivity index (χ2v) is 9.64. The minimum atomic E-state index is -0.620. The average molecular weight is 591 g/mol. The number of amides is 1. The second kappa shape index (κ2) is 11.6. The number of carbonyl (C=O) groups is 1. The average Bonchev–Trinajstić information content (AvgIpc) is 3.41. The van der Waals surface area contributed by atoms with Gasteiger partial charge in [-0.1, -0.05) is 51.4 Å². The number of aromatic nitrogens is 4. The number of rotatable bonds is 9. The maximum absolute atomic E-state index is 13.7. The molecule has 2 heterocycles. The summed E-state index contributed by atoms with van der Waals surface area (Å²) >= 11 is 3.45. The number of anilines is 2. The normalized spacial score (nSPS) is 14.3. The van der Waals surface area contributed by atoms with Crippen molar-refractivity contribution < 1.29 is 19.0 Å². The van der Waals surface area contributed by atoms with Crippen molar-refractivity contribution in [2.24, 2.45) is 0 Å². The number of fused-ring (bicyclic) bond motifs is 1. The number of benzene rings is 3. The summed E-state index contributed by atoms with van der Waals surface area (Å²) in [4.78, 5) is 13.7. The Hall–Kier alpha value is -4.38. The Labute approximate surface area is 234 Å². The van der Waals surface area contributed by atoms with Gasteiger partial charge < -0.3 is 24.8 Å². The van der Waals surface area contributed by atoms with Gasteiger partial charge >= 0.3 is 0 Å². The van der Waals surface area contributed by atoms with Crippen LogP contribution in [0, 0.1) is 0 Å². The van der Waals surface area contributed by atoms with Crippen molar-refractivity contribution in [2.75, 3.05) is 24.4 Å². The van der Waals surface area contributed by atoms with Gasteiger partial charge in [-0.3, -0.25) is 4.79 Å². The molecule has 1 aromatic heterocycles. The van der Waals surface area contributed by atoms with Crippen molar-refractivity contribution in [3.63, 3.8) is 0 Å². The van der Waals surface area contributed by atoms with Gasteiger partial charge in [-0.05, 0) is 71.8 Å². The molecule has 0 aliphatic carbocycles. The van der Waals surface area contributed by atoms with Crippen LogP contribution in [-0.2, 0) is 11.4 Å². The number of allylic oxidation sites excluding steroid dienone is 1. The number of hydrogen-bond acceptors (Lipinski definition) is 8. The SMILES string of the molecule is CCOc1ccccc1NC(=O)C1=C(C)Nc2nnnn2C1c1ccc(OCc2ccc(Br)cc2)c(OC)c1. The zero-order chi connectivity index (χ0) is 27.4. The monoisotopic (exact) mass is 590 g/mol. The van der Waals surface area contributed by atoms with Gasteiger partial charge in [0.25, 0.3) is 5.91 Å². The van der Waals surface area contributed by atoms with Crippen LogP contribution >= 0.6 is 15.9 Å². The fourth-order valence-corrected chi connectivity index (χ4v) is 4.64. The lowest BCUT2D eigenvalue weighted by atomic mass is 9.94. The van der Waals surface area contributed by atoms with Crippen LogP contribution in [0.3, 0.4) is 0 Å². The summed E-state index contributed by atoms with van der Waals surface area (Å²) < 4.78 is 20.0. The zero-order valence-corrected chi connectivity index (χ0v) is 23.2. The van der Waals surface area contributed by atoms with Crippen molar-refractivity contribution in [2.45, 2.75) is 26.5 Å². The molecule has 200 valence electrons. The van der Waals surface area contributed by atoms with Crippen molar-refractivity contribution in [1.29, 1.82) is 0 Å². The Kier molecular flexibility index (Phi) is 7.78. The molecule has 1 amide bonds. The Morgan fingerprint density at radius 2 is 1.85 bits per heavy atom. The fourth-order valence-electron chi connectivity index (χ4n) is 4.37. The third-order valence-corrected chi connectivity index (χ3v) is 6.73. The van der Waals surface area contributed by atoms with Gasteiger partial charge in [0.15, 0.2) is 11.5 Å². The van der Waals surface area contributed by atoms with Crippen molar-refractivity contribution in [3.8, 4) is 17.2 Å². The molecule has 11 heteroatoms. The minimum Gasteiger partial charge on any atom is -0.493 e. The molecule has 3 aromatic carbocycles. The number of carbonyl (C=O) groups excluding carboxylic acids is 1. The van der Waals surface area contributed by atoms with Crippen molar-refractivity contribution >= 4 is 33.5 Å². The fraction of sp³-hybridized carbons (Fsp3) is 0.214. The molecule has 10 nitrogen and oxygen atoms in total. The molecule has 0 fully saturated rings. The molecule has 2 N–H and O–H groups in total. The van der Waals surface area contributed by atoms with E-state index in [2.05, 4.69) is 42.1 Å². The summed E-state index contributed by atoms with van der Waals surface area (Å²) in [7, 11) is 1.58. The Morgan fingerprint density at radius 3 is 2.62 bits per heavy atom. The van der Waals surface area contributed by atoms with Gasteiger partial charge in [-0.25, -0.2) is 0 Å². The van der Waals surface area contributed by atoms with Crippen LogP contribution in [-0.4, -0.2) is 39.8 Å². The smallest absolute Gasteiger partial charge is 0.255 e. The van der Waals surface area contributed by atoms with Gasteiger partial charge in [-0.2, -0.15) is 4.68 Å². The van der Waals surface area contributed by atoms with Gasteiger partial charge in [0.05, 0.1) is 25.0 Å². The third kappa shape index (κ3) is 5.58. The molecule has 1 aliphatic heterocycles. The van der Waals surface area contributed by atoms with Gasteiger partial charge in [-0.15, -0.1) is 0 Å². The highest BCUT2D eigenvalue weighted by Gasteiger charge is 2.35.